The van der Waals surface area contributed by atoms with Crippen LogP contribution in [0.5, 0.6) is 5.75 Å². The minimum Gasteiger partial charge on any atom is -0.483 e. The molecule has 3 aromatic carbocycles. The van der Waals surface area contributed by atoms with E-state index in [1.807, 2.05) is 30.3 Å². The highest BCUT2D eigenvalue weighted by atomic mass is 35.5. The molecule has 0 saturated heterocycles. The van der Waals surface area contributed by atoms with E-state index in [-0.39, 0.29) is 29.1 Å². The van der Waals surface area contributed by atoms with Crippen LogP contribution in [-0.4, -0.2) is 15.7 Å². The Hall–Kier alpha value is -3.85. The summed E-state index contributed by atoms with van der Waals surface area (Å²) in [6, 6.07) is 15.5. The molecule has 0 fully saturated rings. The van der Waals surface area contributed by atoms with Gasteiger partial charge in [-0.1, -0.05) is 54.1 Å². The van der Waals surface area contributed by atoms with Gasteiger partial charge < -0.3 is 10.1 Å². The number of carbonyl (C=O) groups excluding carboxylic acids is 1. The Kier molecular flexibility index (Phi) is 6.83. The maximum atomic E-state index is 13.7. The number of hydrogen-bond donors (Lipinski definition) is 1. The number of hydrogen-bond acceptors (Lipinski definition) is 3. The number of anilines is 1. The zero-order valence-electron chi connectivity index (χ0n) is 17.4. The largest absolute Gasteiger partial charge is 0.483 e. The fraction of sp³-hybridized carbons (Fsp3) is 0.0833. The number of amides is 1. The van der Waals surface area contributed by atoms with Crippen molar-refractivity contribution in [1.29, 1.82) is 0 Å². The molecule has 1 heterocycles. The number of aromatic nitrogens is 2. The highest BCUT2D eigenvalue weighted by Crippen LogP contribution is 2.27. The van der Waals surface area contributed by atoms with Gasteiger partial charge in [0, 0.05) is 17.8 Å². The van der Waals surface area contributed by atoms with Crippen molar-refractivity contribution in [2.45, 2.75) is 13.2 Å². The maximum absolute atomic E-state index is 13.7. The van der Waals surface area contributed by atoms with Crippen molar-refractivity contribution in [3.05, 3.63) is 112 Å². The maximum Gasteiger partial charge on any atom is 0.256 e. The first-order chi connectivity index (χ1) is 16.3. The molecule has 10 heteroatoms. The first-order valence-corrected chi connectivity index (χ1v) is 10.3. The monoisotopic (exact) mass is 489 g/mol. The molecule has 0 spiro atoms. The number of nitrogens with zero attached hydrogens (tertiary/aromatic N) is 2. The minimum absolute atomic E-state index is 0.0991. The van der Waals surface area contributed by atoms with Crippen LogP contribution in [0, 0.1) is 23.3 Å². The molecule has 174 valence electrons. The van der Waals surface area contributed by atoms with Gasteiger partial charge in [-0.05, 0) is 23.3 Å². The van der Waals surface area contributed by atoms with Gasteiger partial charge in [-0.3, -0.25) is 9.48 Å². The van der Waals surface area contributed by atoms with Gasteiger partial charge in [0.1, 0.15) is 11.6 Å². The zero-order chi connectivity index (χ0) is 24.2. The topological polar surface area (TPSA) is 56.2 Å². The molecule has 34 heavy (non-hydrogen) atoms. The van der Waals surface area contributed by atoms with Crippen LogP contribution in [0.4, 0.5) is 23.4 Å². The van der Waals surface area contributed by atoms with Gasteiger partial charge in [0.05, 0.1) is 6.54 Å². The Balaban J connectivity index is 1.39. The van der Waals surface area contributed by atoms with Crippen molar-refractivity contribution in [3.8, 4) is 5.75 Å². The van der Waals surface area contributed by atoms with Crippen molar-refractivity contribution in [2.24, 2.45) is 0 Å². The van der Waals surface area contributed by atoms with Gasteiger partial charge in [0.25, 0.3) is 5.91 Å². The van der Waals surface area contributed by atoms with Crippen LogP contribution in [0.1, 0.15) is 21.5 Å². The summed E-state index contributed by atoms with van der Waals surface area (Å²) in [5.41, 5.74) is 1.68. The van der Waals surface area contributed by atoms with E-state index >= 15 is 0 Å². The van der Waals surface area contributed by atoms with E-state index in [9.17, 15) is 22.4 Å². The van der Waals surface area contributed by atoms with Gasteiger partial charge in [0.15, 0.2) is 23.2 Å². The van der Waals surface area contributed by atoms with E-state index in [4.69, 9.17) is 16.3 Å². The number of nitrogens with one attached hydrogen (secondary N) is 1. The summed E-state index contributed by atoms with van der Waals surface area (Å²) in [5.74, 6) is -7.83. The molecule has 0 unspecified atom stereocenters. The molecular formula is C24H16ClF4N3O2. The van der Waals surface area contributed by atoms with Crippen molar-refractivity contribution >= 4 is 23.3 Å². The molecule has 4 rings (SSSR count). The number of carbonyl (C=O) groups is 1. The first kappa shape index (κ1) is 23.3. The quantitative estimate of drug-likeness (QED) is 0.257. The number of halogens is 5. The Morgan fingerprint density at radius 1 is 0.941 bits per heavy atom. The van der Waals surface area contributed by atoms with E-state index in [0.29, 0.717) is 12.1 Å². The fourth-order valence-corrected chi connectivity index (χ4v) is 3.30. The van der Waals surface area contributed by atoms with Crippen LogP contribution in [-0.2, 0) is 13.2 Å². The lowest BCUT2D eigenvalue weighted by Crippen LogP contribution is -2.13. The Morgan fingerprint density at radius 2 is 1.59 bits per heavy atom. The summed E-state index contributed by atoms with van der Waals surface area (Å²) in [4.78, 5) is 12.6. The minimum atomic E-state index is -1.63. The summed E-state index contributed by atoms with van der Waals surface area (Å²) in [6.07, 6.45) is 1.60. The Bertz CT molecular complexity index is 1300. The van der Waals surface area contributed by atoms with Crippen LogP contribution < -0.4 is 10.1 Å². The number of ether oxygens (including phenoxy) is 1. The molecule has 0 aliphatic carbocycles. The summed E-state index contributed by atoms with van der Waals surface area (Å²) < 4.78 is 60.5. The van der Waals surface area contributed by atoms with Gasteiger partial charge in [-0.15, -0.1) is 0 Å². The second-order valence-corrected chi connectivity index (χ2v) is 7.65. The highest BCUT2D eigenvalue weighted by molar-refractivity contribution is 6.33. The molecule has 1 amide bonds. The third-order valence-electron chi connectivity index (χ3n) is 4.81. The van der Waals surface area contributed by atoms with Gasteiger partial charge >= 0.3 is 0 Å². The smallest absolute Gasteiger partial charge is 0.256 e. The molecule has 1 N–H and O–H groups in total. The second kappa shape index (κ2) is 9.96. The molecule has 0 radical (unpaired) electrons. The van der Waals surface area contributed by atoms with E-state index in [1.165, 1.54) is 24.3 Å². The van der Waals surface area contributed by atoms with Gasteiger partial charge in [-0.2, -0.15) is 13.9 Å². The van der Waals surface area contributed by atoms with E-state index in [1.54, 1.807) is 10.9 Å². The fourth-order valence-electron chi connectivity index (χ4n) is 3.10. The van der Waals surface area contributed by atoms with Crippen molar-refractivity contribution < 1.29 is 27.1 Å². The van der Waals surface area contributed by atoms with Crippen molar-refractivity contribution in [3.63, 3.8) is 0 Å². The number of benzene rings is 3. The van der Waals surface area contributed by atoms with Crippen LogP contribution in [0.2, 0.25) is 5.02 Å². The lowest BCUT2D eigenvalue weighted by Gasteiger charge is -2.10. The summed E-state index contributed by atoms with van der Waals surface area (Å²) in [5, 5.41) is 7.17. The second-order valence-electron chi connectivity index (χ2n) is 7.25. The SMILES string of the molecule is O=C(Nc1nn(Cc2ccccc2)cc1Cl)c1ccc(COc2c(F)c(F)cc(F)c2F)cc1. The molecule has 0 bridgehead atoms. The third kappa shape index (κ3) is 5.20. The predicted molar refractivity (Wildman–Crippen MR) is 118 cm³/mol. The molecule has 0 aliphatic rings. The summed E-state index contributed by atoms with van der Waals surface area (Å²) in [6.45, 7) is 0.0931. The van der Waals surface area contributed by atoms with Gasteiger partial charge in [-0.25, -0.2) is 8.78 Å². The standard InChI is InChI=1S/C24H16ClF4N3O2/c25-17-12-32(11-14-4-2-1-3-5-14)31-23(17)30-24(33)16-8-6-15(7-9-16)13-34-22-20(28)18(26)10-19(27)21(22)29/h1-10,12H,11,13H2,(H,30,31,33). The van der Waals surface area contributed by atoms with Crippen molar-refractivity contribution in [2.75, 3.05) is 5.32 Å². The van der Waals surface area contributed by atoms with E-state index < -0.39 is 34.9 Å². The third-order valence-corrected chi connectivity index (χ3v) is 5.08. The lowest BCUT2D eigenvalue weighted by molar-refractivity contribution is 0.102. The van der Waals surface area contributed by atoms with E-state index in [2.05, 4.69) is 10.4 Å². The summed E-state index contributed by atoms with van der Waals surface area (Å²) >= 11 is 6.19. The average Bonchev–Trinajstić information content (AvgIpc) is 3.17. The van der Waals surface area contributed by atoms with Crippen LogP contribution in [0.3, 0.4) is 0 Å². The normalized spacial score (nSPS) is 10.9. The van der Waals surface area contributed by atoms with Crippen LogP contribution in [0.25, 0.3) is 0 Å². The molecular weight excluding hydrogens is 474 g/mol. The molecule has 4 aromatic rings. The predicted octanol–water partition coefficient (Wildman–Crippen LogP) is 5.97. The average molecular weight is 490 g/mol. The van der Waals surface area contributed by atoms with Crippen LogP contribution in [0.15, 0.2) is 66.9 Å². The first-order valence-electron chi connectivity index (χ1n) is 9.95. The van der Waals surface area contributed by atoms with Gasteiger partial charge in [0.2, 0.25) is 11.6 Å². The molecule has 0 atom stereocenters. The van der Waals surface area contributed by atoms with Crippen LogP contribution >= 0.6 is 11.6 Å². The molecule has 0 aliphatic heterocycles. The Morgan fingerprint density at radius 3 is 2.24 bits per heavy atom. The lowest BCUT2D eigenvalue weighted by atomic mass is 10.1. The van der Waals surface area contributed by atoms with Crippen molar-refractivity contribution in [1.82, 2.24) is 9.78 Å². The zero-order valence-corrected chi connectivity index (χ0v) is 18.1. The molecule has 1 aromatic heterocycles. The van der Waals surface area contributed by atoms with E-state index in [0.717, 1.165) is 5.56 Å². The molecule has 0 saturated carbocycles. The highest BCUT2D eigenvalue weighted by Gasteiger charge is 2.20. The Labute approximate surface area is 196 Å². The summed E-state index contributed by atoms with van der Waals surface area (Å²) in [7, 11) is 0. The number of rotatable bonds is 7. The molecule has 5 nitrogen and oxygen atoms in total.